The number of amides is 2. The molecule has 0 aromatic carbocycles. The molecule has 2 rings (SSSR count). The van der Waals surface area contributed by atoms with Gasteiger partial charge >= 0.3 is 0 Å². The van der Waals surface area contributed by atoms with Crippen LogP contribution in [0.1, 0.15) is 43.9 Å². The molecule has 1 aliphatic heterocycles. The van der Waals surface area contributed by atoms with E-state index in [1.165, 1.54) is 0 Å². The minimum Gasteiger partial charge on any atom is -0.356 e. The Kier molecular flexibility index (Phi) is 7.50. The lowest BCUT2D eigenvalue weighted by molar-refractivity contribution is -0.134. The summed E-state index contributed by atoms with van der Waals surface area (Å²) in [7, 11) is 0. The highest BCUT2D eigenvalue weighted by atomic mass is 16.2. The molecule has 1 aromatic heterocycles. The maximum absolute atomic E-state index is 12.3. The van der Waals surface area contributed by atoms with Crippen LogP contribution in [0, 0.1) is 19.8 Å². The number of carbonyl (C=O) groups is 2. The highest BCUT2D eigenvalue weighted by molar-refractivity contribution is 5.88. The smallest absolute Gasteiger partial charge is 0.237 e. The fraction of sp³-hybridized carbons (Fsp3) is 0.684. The van der Waals surface area contributed by atoms with Crippen LogP contribution in [0.2, 0.25) is 0 Å². The van der Waals surface area contributed by atoms with E-state index in [1.54, 1.807) is 0 Å². The summed E-state index contributed by atoms with van der Waals surface area (Å²) in [6.07, 6.45) is 1.80. The van der Waals surface area contributed by atoms with E-state index in [1.807, 2.05) is 19.9 Å². The Bertz CT molecular complexity index is 612. The number of nitrogens with zero attached hydrogens (tertiary/aromatic N) is 3. The van der Waals surface area contributed by atoms with Crippen molar-refractivity contribution in [1.29, 1.82) is 0 Å². The second-order valence-electron chi connectivity index (χ2n) is 7.40. The summed E-state index contributed by atoms with van der Waals surface area (Å²) in [5.41, 5.74) is 1.86. The third-order valence-corrected chi connectivity index (χ3v) is 4.51. The van der Waals surface area contributed by atoms with Crippen molar-refractivity contribution < 1.29 is 9.59 Å². The second kappa shape index (κ2) is 9.62. The van der Waals surface area contributed by atoms with Crippen molar-refractivity contribution >= 4 is 11.8 Å². The lowest BCUT2D eigenvalue weighted by Crippen LogP contribution is -2.56. The van der Waals surface area contributed by atoms with Crippen molar-refractivity contribution in [2.45, 2.75) is 53.0 Å². The molecule has 1 aromatic rings. The molecule has 1 atom stereocenters. The fourth-order valence-electron chi connectivity index (χ4n) is 3.15. The molecule has 144 valence electrons. The molecule has 1 saturated heterocycles. The summed E-state index contributed by atoms with van der Waals surface area (Å²) in [6, 6.07) is 1.55. The predicted octanol–water partition coefficient (Wildman–Crippen LogP) is 0.989. The standard InChI is InChI=1S/C19H31N5O2/c1-13(2)6-9-24-10-8-21-19(26)16(24)12-18(25)20-7-5-17-22-14(3)11-15(4)23-17/h11,13,16H,5-10,12H2,1-4H3,(H,20,25)(H,21,26). The molecule has 7 heteroatoms. The van der Waals surface area contributed by atoms with Gasteiger partial charge in [-0.1, -0.05) is 13.8 Å². The first-order valence-electron chi connectivity index (χ1n) is 9.44. The highest BCUT2D eigenvalue weighted by Gasteiger charge is 2.31. The first-order valence-corrected chi connectivity index (χ1v) is 9.44. The minimum absolute atomic E-state index is 0.0483. The third-order valence-electron chi connectivity index (χ3n) is 4.51. The maximum atomic E-state index is 12.3. The molecular weight excluding hydrogens is 330 g/mol. The summed E-state index contributed by atoms with van der Waals surface area (Å²) < 4.78 is 0. The molecular formula is C19H31N5O2. The van der Waals surface area contributed by atoms with Gasteiger partial charge in [-0.15, -0.1) is 0 Å². The Morgan fingerprint density at radius 3 is 2.69 bits per heavy atom. The van der Waals surface area contributed by atoms with E-state index in [0.29, 0.717) is 25.4 Å². The zero-order valence-electron chi connectivity index (χ0n) is 16.3. The van der Waals surface area contributed by atoms with Gasteiger partial charge in [0.1, 0.15) is 5.82 Å². The summed E-state index contributed by atoms with van der Waals surface area (Å²) in [6.45, 7) is 11.0. The van der Waals surface area contributed by atoms with Crippen molar-refractivity contribution in [2.75, 3.05) is 26.2 Å². The number of nitrogens with one attached hydrogen (secondary N) is 2. The summed E-state index contributed by atoms with van der Waals surface area (Å²) >= 11 is 0. The van der Waals surface area contributed by atoms with Gasteiger partial charge < -0.3 is 10.6 Å². The van der Waals surface area contributed by atoms with E-state index in [9.17, 15) is 9.59 Å². The lowest BCUT2D eigenvalue weighted by Gasteiger charge is -2.35. The molecule has 0 bridgehead atoms. The van der Waals surface area contributed by atoms with E-state index >= 15 is 0 Å². The van der Waals surface area contributed by atoms with Gasteiger partial charge in [-0.3, -0.25) is 14.5 Å². The van der Waals surface area contributed by atoms with E-state index in [2.05, 4.69) is 39.3 Å². The Labute approximate surface area is 156 Å². The van der Waals surface area contributed by atoms with Crippen LogP contribution < -0.4 is 10.6 Å². The Morgan fingerprint density at radius 2 is 2.04 bits per heavy atom. The summed E-state index contributed by atoms with van der Waals surface area (Å²) in [5.74, 6) is 1.16. The molecule has 1 aliphatic rings. The normalized spacial score (nSPS) is 18.0. The quantitative estimate of drug-likeness (QED) is 0.721. The van der Waals surface area contributed by atoms with Gasteiger partial charge in [-0.2, -0.15) is 0 Å². The molecule has 0 aliphatic carbocycles. The average Bonchev–Trinajstić information content (AvgIpc) is 2.54. The van der Waals surface area contributed by atoms with Crippen LogP contribution in [-0.2, 0) is 16.0 Å². The van der Waals surface area contributed by atoms with Crippen LogP contribution in [0.3, 0.4) is 0 Å². The molecule has 0 saturated carbocycles. The van der Waals surface area contributed by atoms with Gasteiger partial charge in [-0.05, 0) is 38.8 Å². The van der Waals surface area contributed by atoms with E-state index in [-0.39, 0.29) is 24.3 Å². The van der Waals surface area contributed by atoms with Gasteiger partial charge in [0, 0.05) is 37.4 Å². The number of rotatable bonds is 8. The lowest BCUT2D eigenvalue weighted by atomic mass is 10.1. The van der Waals surface area contributed by atoms with Crippen LogP contribution in [0.25, 0.3) is 0 Å². The topological polar surface area (TPSA) is 87.2 Å². The zero-order chi connectivity index (χ0) is 19.1. The van der Waals surface area contributed by atoms with Gasteiger partial charge in [0.25, 0.3) is 0 Å². The average molecular weight is 361 g/mol. The van der Waals surface area contributed by atoms with Crippen molar-refractivity contribution in [2.24, 2.45) is 5.92 Å². The Hall–Kier alpha value is -2.02. The van der Waals surface area contributed by atoms with Gasteiger partial charge in [0.2, 0.25) is 11.8 Å². The Morgan fingerprint density at radius 1 is 1.35 bits per heavy atom. The second-order valence-corrected chi connectivity index (χ2v) is 7.40. The van der Waals surface area contributed by atoms with Gasteiger partial charge in [0.15, 0.2) is 0 Å². The van der Waals surface area contributed by atoms with Crippen molar-refractivity contribution in [3.8, 4) is 0 Å². The third kappa shape index (κ3) is 6.37. The number of aryl methyl sites for hydroxylation is 2. The van der Waals surface area contributed by atoms with E-state index < -0.39 is 0 Å². The number of piperazine rings is 1. The van der Waals surface area contributed by atoms with Crippen molar-refractivity contribution in [3.05, 3.63) is 23.3 Å². The number of carbonyl (C=O) groups excluding carboxylic acids is 2. The number of hydrogen-bond donors (Lipinski definition) is 2. The summed E-state index contributed by atoms with van der Waals surface area (Å²) in [4.78, 5) is 35.4. The first-order chi connectivity index (χ1) is 12.3. The molecule has 2 amide bonds. The maximum Gasteiger partial charge on any atom is 0.237 e. The molecule has 7 nitrogen and oxygen atoms in total. The molecule has 1 fully saturated rings. The Balaban J connectivity index is 1.83. The molecule has 2 heterocycles. The van der Waals surface area contributed by atoms with Crippen LogP contribution in [0.5, 0.6) is 0 Å². The van der Waals surface area contributed by atoms with Crippen LogP contribution in [-0.4, -0.2) is 58.9 Å². The van der Waals surface area contributed by atoms with Crippen molar-refractivity contribution in [3.63, 3.8) is 0 Å². The molecule has 1 unspecified atom stereocenters. The molecule has 0 radical (unpaired) electrons. The minimum atomic E-state index is -0.375. The van der Waals surface area contributed by atoms with Crippen LogP contribution >= 0.6 is 0 Å². The number of aromatic nitrogens is 2. The zero-order valence-corrected chi connectivity index (χ0v) is 16.3. The van der Waals surface area contributed by atoms with Gasteiger partial charge in [-0.25, -0.2) is 9.97 Å². The van der Waals surface area contributed by atoms with E-state index in [4.69, 9.17) is 0 Å². The highest BCUT2D eigenvalue weighted by Crippen LogP contribution is 2.12. The van der Waals surface area contributed by atoms with E-state index in [0.717, 1.165) is 36.7 Å². The monoisotopic (exact) mass is 361 g/mol. The molecule has 26 heavy (non-hydrogen) atoms. The fourth-order valence-corrected chi connectivity index (χ4v) is 3.15. The van der Waals surface area contributed by atoms with Crippen LogP contribution in [0.15, 0.2) is 6.07 Å². The van der Waals surface area contributed by atoms with Crippen molar-refractivity contribution in [1.82, 2.24) is 25.5 Å². The molecule has 0 spiro atoms. The van der Waals surface area contributed by atoms with Crippen LogP contribution in [0.4, 0.5) is 0 Å². The largest absolute Gasteiger partial charge is 0.356 e. The first kappa shape index (κ1) is 20.3. The SMILES string of the molecule is Cc1cc(C)nc(CCNC(=O)CC2C(=O)NCCN2CCC(C)C)n1. The molecule has 2 N–H and O–H groups in total. The predicted molar refractivity (Wildman–Crippen MR) is 101 cm³/mol. The summed E-state index contributed by atoms with van der Waals surface area (Å²) in [5, 5.41) is 5.77. The number of hydrogen-bond acceptors (Lipinski definition) is 5. The van der Waals surface area contributed by atoms with Gasteiger partial charge in [0.05, 0.1) is 12.5 Å².